The van der Waals surface area contributed by atoms with Gasteiger partial charge in [0, 0.05) is 10.6 Å². The van der Waals surface area contributed by atoms with Crippen molar-refractivity contribution in [3.8, 4) is 0 Å². The highest BCUT2D eigenvalue weighted by atomic mass is 35.5. The summed E-state index contributed by atoms with van der Waals surface area (Å²) in [4.78, 5) is 19.3. The van der Waals surface area contributed by atoms with Gasteiger partial charge in [0.15, 0.2) is 11.0 Å². The summed E-state index contributed by atoms with van der Waals surface area (Å²) >= 11 is 17.4. The molecule has 0 bridgehead atoms. The van der Waals surface area contributed by atoms with Crippen molar-refractivity contribution in [3.63, 3.8) is 0 Å². The Kier molecular flexibility index (Phi) is 4.75. The van der Waals surface area contributed by atoms with Crippen LogP contribution in [0.4, 0.5) is 10.2 Å². The van der Waals surface area contributed by atoms with Crippen molar-refractivity contribution < 1.29 is 9.18 Å². The molecule has 0 fully saturated rings. The zero-order valence-electron chi connectivity index (χ0n) is 9.83. The molecule has 20 heavy (non-hydrogen) atoms. The molecule has 1 N–H and O–H groups in total. The number of halogens is 4. The molecule has 0 aliphatic rings. The Morgan fingerprint density at radius 3 is 2.70 bits per heavy atom. The van der Waals surface area contributed by atoms with Gasteiger partial charge in [-0.2, -0.15) is 0 Å². The molecule has 1 aromatic carbocycles. The first kappa shape index (κ1) is 15.0. The minimum Gasteiger partial charge on any atom is -0.309 e. The molecule has 8 heteroatoms. The highest BCUT2D eigenvalue weighted by Crippen LogP contribution is 2.26. The first-order valence-corrected chi connectivity index (χ1v) is 6.51. The van der Waals surface area contributed by atoms with Crippen LogP contribution in [0, 0.1) is 5.82 Å². The van der Waals surface area contributed by atoms with E-state index in [4.69, 9.17) is 34.8 Å². The number of hydrogen-bond donors (Lipinski definition) is 1. The normalized spacial score (nSPS) is 10.4. The summed E-state index contributed by atoms with van der Waals surface area (Å²) in [6.07, 6.45) is 0.906. The van der Waals surface area contributed by atoms with Gasteiger partial charge in [-0.3, -0.25) is 4.79 Å². The number of nitrogens with zero attached hydrogens (tertiary/aromatic N) is 2. The van der Waals surface area contributed by atoms with Gasteiger partial charge in [-0.15, -0.1) is 0 Å². The van der Waals surface area contributed by atoms with Crippen molar-refractivity contribution in [2.75, 3.05) is 5.32 Å². The summed E-state index contributed by atoms with van der Waals surface area (Å²) in [6, 6.07) is 4.19. The Labute approximate surface area is 128 Å². The highest BCUT2D eigenvalue weighted by molar-refractivity contribution is 6.42. The van der Waals surface area contributed by atoms with Gasteiger partial charge in [-0.25, -0.2) is 14.4 Å². The minimum absolute atomic E-state index is 0.0147. The van der Waals surface area contributed by atoms with Gasteiger partial charge in [0.05, 0.1) is 6.42 Å². The van der Waals surface area contributed by atoms with E-state index in [1.54, 1.807) is 0 Å². The molecule has 0 unspecified atom stereocenters. The Morgan fingerprint density at radius 2 is 2.00 bits per heavy atom. The van der Waals surface area contributed by atoms with Crippen LogP contribution < -0.4 is 5.32 Å². The lowest BCUT2D eigenvalue weighted by atomic mass is 10.1. The number of carbonyl (C=O) groups excluding carboxylic acids is 1. The van der Waals surface area contributed by atoms with Crippen LogP contribution >= 0.6 is 34.8 Å². The molecule has 2 rings (SSSR count). The molecular weight excluding hydrogens is 328 g/mol. The third-order valence-electron chi connectivity index (χ3n) is 2.40. The topological polar surface area (TPSA) is 54.9 Å². The smallest absolute Gasteiger partial charge is 0.230 e. The van der Waals surface area contributed by atoms with E-state index < -0.39 is 11.7 Å². The van der Waals surface area contributed by atoms with Gasteiger partial charge in [0.2, 0.25) is 5.91 Å². The predicted molar refractivity (Wildman–Crippen MR) is 75.8 cm³/mol. The molecule has 1 heterocycles. The number of amides is 1. The second-order valence-corrected chi connectivity index (χ2v) is 4.90. The number of aromatic nitrogens is 2. The van der Waals surface area contributed by atoms with Gasteiger partial charge in [0.25, 0.3) is 0 Å². The second kappa shape index (κ2) is 6.35. The van der Waals surface area contributed by atoms with Crippen LogP contribution in [-0.4, -0.2) is 15.9 Å². The first-order valence-electron chi connectivity index (χ1n) is 5.37. The van der Waals surface area contributed by atoms with Gasteiger partial charge >= 0.3 is 0 Å². The van der Waals surface area contributed by atoms with Crippen LogP contribution in [0.5, 0.6) is 0 Å². The van der Waals surface area contributed by atoms with Crippen molar-refractivity contribution >= 4 is 46.5 Å². The number of hydrogen-bond acceptors (Lipinski definition) is 3. The van der Waals surface area contributed by atoms with Crippen LogP contribution in [0.1, 0.15) is 5.56 Å². The average Bonchev–Trinajstić information content (AvgIpc) is 2.39. The lowest BCUT2D eigenvalue weighted by Gasteiger charge is -2.08. The SMILES string of the molecule is O=C(Cc1c(F)cccc1Cl)Nc1ncnc(Cl)c1Cl. The van der Waals surface area contributed by atoms with E-state index in [0.29, 0.717) is 0 Å². The fraction of sp³-hybridized carbons (Fsp3) is 0.0833. The Balaban J connectivity index is 2.16. The monoisotopic (exact) mass is 333 g/mol. The number of rotatable bonds is 3. The molecule has 0 aliphatic heterocycles. The number of benzene rings is 1. The summed E-state index contributed by atoms with van der Waals surface area (Å²) < 4.78 is 13.6. The molecule has 0 saturated heterocycles. The minimum atomic E-state index is -0.556. The molecular formula is C12H7Cl3FN3O. The van der Waals surface area contributed by atoms with Crippen molar-refractivity contribution in [2.45, 2.75) is 6.42 Å². The predicted octanol–water partition coefficient (Wildman–Crippen LogP) is 3.76. The summed E-state index contributed by atoms with van der Waals surface area (Å²) in [5.74, 6) is -1.02. The third kappa shape index (κ3) is 3.36. The molecule has 0 atom stereocenters. The summed E-state index contributed by atoms with van der Waals surface area (Å²) in [5.41, 5.74) is 0.0999. The number of anilines is 1. The van der Waals surface area contributed by atoms with Crippen LogP contribution in [-0.2, 0) is 11.2 Å². The quantitative estimate of drug-likeness (QED) is 0.870. The van der Waals surface area contributed by atoms with Crippen LogP contribution in [0.2, 0.25) is 15.2 Å². The van der Waals surface area contributed by atoms with Crippen molar-refractivity contribution in [1.82, 2.24) is 9.97 Å². The van der Waals surface area contributed by atoms with Crippen molar-refractivity contribution in [3.05, 3.63) is 51.1 Å². The molecule has 1 aromatic heterocycles. The summed E-state index contributed by atoms with van der Waals surface area (Å²) in [5, 5.41) is 2.63. The van der Waals surface area contributed by atoms with Crippen LogP contribution in [0.15, 0.2) is 24.5 Å². The van der Waals surface area contributed by atoms with E-state index >= 15 is 0 Å². The second-order valence-electron chi connectivity index (χ2n) is 3.75. The number of carbonyl (C=O) groups is 1. The molecule has 0 spiro atoms. The molecule has 0 radical (unpaired) electrons. The van der Waals surface area contributed by atoms with Gasteiger partial charge in [-0.1, -0.05) is 40.9 Å². The van der Waals surface area contributed by atoms with Crippen LogP contribution in [0.3, 0.4) is 0 Å². The Morgan fingerprint density at radius 1 is 1.25 bits per heavy atom. The van der Waals surface area contributed by atoms with Gasteiger partial charge in [-0.05, 0) is 12.1 Å². The maximum absolute atomic E-state index is 13.6. The Bertz CT molecular complexity index is 646. The first-order chi connectivity index (χ1) is 9.49. The van der Waals surface area contributed by atoms with Crippen LogP contribution in [0.25, 0.3) is 0 Å². The third-order valence-corrected chi connectivity index (χ3v) is 3.50. The molecule has 0 aliphatic carbocycles. The molecule has 1 amide bonds. The molecule has 0 saturated carbocycles. The molecule has 2 aromatic rings. The van der Waals surface area contributed by atoms with E-state index in [1.165, 1.54) is 18.2 Å². The number of nitrogens with one attached hydrogen (secondary N) is 1. The zero-order valence-corrected chi connectivity index (χ0v) is 12.1. The standard InChI is InChI=1S/C12H7Cl3FN3O/c13-7-2-1-3-8(16)6(7)4-9(20)19-12-10(14)11(15)17-5-18-12/h1-3,5H,4H2,(H,17,18,19,20). The van der Waals surface area contributed by atoms with E-state index in [0.717, 1.165) is 6.33 Å². The van der Waals surface area contributed by atoms with E-state index in [2.05, 4.69) is 15.3 Å². The molecule has 104 valence electrons. The lowest BCUT2D eigenvalue weighted by Crippen LogP contribution is -2.17. The van der Waals surface area contributed by atoms with Crippen molar-refractivity contribution in [2.24, 2.45) is 0 Å². The maximum Gasteiger partial charge on any atom is 0.230 e. The van der Waals surface area contributed by atoms with E-state index in [-0.39, 0.29) is 33.0 Å². The van der Waals surface area contributed by atoms with E-state index in [9.17, 15) is 9.18 Å². The van der Waals surface area contributed by atoms with E-state index in [1.807, 2.05) is 0 Å². The maximum atomic E-state index is 13.6. The largest absolute Gasteiger partial charge is 0.309 e. The lowest BCUT2D eigenvalue weighted by molar-refractivity contribution is -0.115. The van der Waals surface area contributed by atoms with Gasteiger partial charge < -0.3 is 5.32 Å². The molecule has 4 nitrogen and oxygen atoms in total. The van der Waals surface area contributed by atoms with Crippen molar-refractivity contribution in [1.29, 1.82) is 0 Å². The average molecular weight is 335 g/mol. The Hall–Kier alpha value is -1.43. The fourth-order valence-electron chi connectivity index (χ4n) is 1.47. The van der Waals surface area contributed by atoms with Gasteiger partial charge in [0.1, 0.15) is 17.2 Å². The highest BCUT2D eigenvalue weighted by Gasteiger charge is 2.15. The summed E-state index contributed by atoms with van der Waals surface area (Å²) in [6.45, 7) is 0. The fourth-order valence-corrected chi connectivity index (χ4v) is 1.98. The summed E-state index contributed by atoms with van der Waals surface area (Å²) in [7, 11) is 0. The zero-order chi connectivity index (χ0) is 14.7.